The van der Waals surface area contributed by atoms with Crippen LogP contribution >= 0.6 is 0 Å². The van der Waals surface area contributed by atoms with E-state index in [4.69, 9.17) is 0 Å². The molecule has 0 heterocycles. The van der Waals surface area contributed by atoms with Crippen molar-refractivity contribution in [1.29, 1.82) is 0 Å². The van der Waals surface area contributed by atoms with Gasteiger partial charge in [0.15, 0.2) is 0 Å². The van der Waals surface area contributed by atoms with Crippen LogP contribution in [0.4, 0.5) is 4.39 Å². The number of hydrogen-bond donors (Lipinski definition) is 2. The van der Waals surface area contributed by atoms with E-state index in [0.717, 1.165) is 24.8 Å². The predicted molar refractivity (Wildman–Crippen MR) is 76.2 cm³/mol. The second-order valence-electron chi connectivity index (χ2n) is 5.56. The maximum atomic E-state index is 12.8. The molecule has 0 spiro atoms. The van der Waals surface area contributed by atoms with Gasteiger partial charge in [-0.2, -0.15) is 0 Å². The molecule has 2 atom stereocenters. The van der Waals surface area contributed by atoms with Gasteiger partial charge in [-0.15, -0.1) is 0 Å². The molecule has 1 aliphatic carbocycles. The molecule has 114 valence electrons. The van der Waals surface area contributed by atoms with Crippen LogP contribution in [0.3, 0.4) is 0 Å². The van der Waals surface area contributed by atoms with E-state index < -0.39 is 11.9 Å². The maximum Gasteiger partial charge on any atom is 0.308 e. The standard InChI is InChI=1S/C16H20FNO3/c17-12-8-6-11(7-9-12)10-15(19)18-14-5-3-1-2-4-13(14)16(20)21/h6-9,13-14H,1-5,10H2,(H,18,19)(H,20,21)/t13-,14-/m0/s1. The van der Waals surface area contributed by atoms with Crippen molar-refractivity contribution in [3.8, 4) is 0 Å². The topological polar surface area (TPSA) is 66.4 Å². The normalized spacial score (nSPS) is 22.3. The molecular weight excluding hydrogens is 273 g/mol. The largest absolute Gasteiger partial charge is 0.481 e. The van der Waals surface area contributed by atoms with Crippen molar-refractivity contribution < 1.29 is 19.1 Å². The summed E-state index contributed by atoms with van der Waals surface area (Å²) in [5.41, 5.74) is 0.717. The molecule has 2 N–H and O–H groups in total. The van der Waals surface area contributed by atoms with E-state index in [9.17, 15) is 19.1 Å². The fourth-order valence-corrected chi connectivity index (χ4v) is 2.82. The Morgan fingerprint density at radius 3 is 2.48 bits per heavy atom. The molecule has 21 heavy (non-hydrogen) atoms. The van der Waals surface area contributed by atoms with Crippen LogP contribution in [0.25, 0.3) is 0 Å². The second kappa shape index (κ2) is 7.20. The highest BCUT2D eigenvalue weighted by atomic mass is 19.1. The Labute approximate surface area is 123 Å². The number of halogens is 1. The zero-order valence-corrected chi connectivity index (χ0v) is 11.8. The number of carbonyl (C=O) groups is 2. The molecule has 0 bridgehead atoms. The van der Waals surface area contributed by atoms with Gasteiger partial charge >= 0.3 is 5.97 Å². The third kappa shape index (κ3) is 4.55. The molecule has 1 fully saturated rings. The van der Waals surface area contributed by atoms with E-state index in [1.54, 1.807) is 12.1 Å². The number of aliphatic carboxylic acids is 1. The van der Waals surface area contributed by atoms with Crippen LogP contribution in [-0.2, 0) is 16.0 Å². The molecule has 0 aliphatic heterocycles. The highest BCUT2D eigenvalue weighted by Crippen LogP contribution is 2.24. The molecular formula is C16H20FNO3. The van der Waals surface area contributed by atoms with Crippen molar-refractivity contribution >= 4 is 11.9 Å². The monoisotopic (exact) mass is 293 g/mol. The summed E-state index contributed by atoms with van der Waals surface area (Å²) in [6, 6.07) is 5.45. The summed E-state index contributed by atoms with van der Waals surface area (Å²) in [4.78, 5) is 23.4. The quantitative estimate of drug-likeness (QED) is 0.838. The number of carbonyl (C=O) groups excluding carboxylic acids is 1. The number of hydrogen-bond acceptors (Lipinski definition) is 2. The Morgan fingerprint density at radius 2 is 1.81 bits per heavy atom. The minimum absolute atomic E-state index is 0.142. The lowest BCUT2D eigenvalue weighted by Crippen LogP contribution is -2.43. The fourth-order valence-electron chi connectivity index (χ4n) is 2.82. The van der Waals surface area contributed by atoms with Crippen LogP contribution in [0, 0.1) is 11.7 Å². The zero-order chi connectivity index (χ0) is 15.2. The van der Waals surface area contributed by atoms with Gasteiger partial charge in [-0.1, -0.05) is 31.4 Å². The van der Waals surface area contributed by atoms with E-state index in [1.165, 1.54) is 12.1 Å². The van der Waals surface area contributed by atoms with Crippen LogP contribution < -0.4 is 5.32 Å². The summed E-state index contributed by atoms with van der Waals surface area (Å²) in [6.07, 6.45) is 4.28. The van der Waals surface area contributed by atoms with E-state index in [0.29, 0.717) is 12.8 Å². The molecule has 1 aromatic rings. The third-order valence-electron chi connectivity index (χ3n) is 3.96. The third-order valence-corrected chi connectivity index (χ3v) is 3.96. The summed E-state index contributed by atoms with van der Waals surface area (Å²) < 4.78 is 12.8. The van der Waals surface area contributed by atoms with Gasteiger partial charge in [0, 0.05) is 6.04 Å². The predicted octanol–water partition coefficient (Wildman–Crippen LogP) is 2.52. The lowest BCUT2D eigenvalue weighted by molar-refractivity contribution is -0.143. The molecule has 2 rings (SSSR count). The first-order valence-corrected chi connectivity index (χ1v) is 7.33. The number of carboxylic acid groups (broad SMARTS) is 1. The first-order chi connectivity index (χ1) is 10.1. The van der Waals surface area contributed by atoms with E-state index in [2.05, 4.69) is 5.32 Å². The van der Waals surface area contributed by atoms with Gasteiger partial charge in [0.05, 0.1) is 12.3 Å². The average Bonchev–Trinajstić information content (AvgIpc) is 2.67. The zero-order valence-electron chi connectivity index (χ0n) is 11.8. The summed E-state index contributed by atoms with van der Waals surface area (Å²) in [5.74, 6) is -1.90. The van der Waals surface area contributed by atoms with Crippen molar-refractivity contribution in [2.75, 3.05) is 0 Å². The second-order valence-corrected chi connectivity index (χ2v) is 5.56. The molecule has 1 amide bonds. The Morgan fingerprint density at radius 1 is 1.14 bits per heavy atom. The number of nitrogens with one attached hydrogen (secondary N) is 1. The molecule has 0 aromatic heterocycles. The van der Waals surface area contributed by atoms with Crippen molar-refractivity contribution in [1.82, 2.24) is 5.32 Å². The van der Waals surface area contributed by atoms with Crippen molar-refractivity contribution in [3.05, 3.63) is 35.6 Å². The van der Waals surface area contributed by atoms with Crippen LogP contribution in [0.2, 0.25) is 0 Å². The number of carboxylic acids is 1. The van der Waals surface area contributed by atoms with Crippen molar-refractivity contribution in [3.63, 3.8) is 0 Å². The summed E-state index contributed by atoms with van der Waals surface area (Å²) in [7, 11) is 0. The lowest BCUT2D eigenvalue weighted by Gasteiger charge is -2.22. The van der Waals surface area contributed by atoms with Gasteiger partial charge in [0.2, 0.25) is 5.91 Å². The molecule has 5 heteroatoms. The molecule has 0 radical (unpaired) electrons. The Hall–Kier alpha value is -1.91. The molecule has 0 saturated heterocycles. The highest BCUT2D eigenvalue weighted by Gasteiger charge is 2.30. The number of benzene rings is 1. The van der Waals surface area contributed by atoms with Gasteiger partial charge in [0.1, 0.15) is 5.82 Å². The van der Waals surface area contributed by atoms with Gasteiger partial charge in [-0.05, 0) is 30.5 Å². The first-order valence-electron chi connectivity index (χ1n) is 7.33. The SMILES string of the molecule is O=C(Cc1ccc(F)cc1)N[C@H]1CCCCC[C@@H]1C(=O)O. The van der Waals surface area contributed by atoms with Gasteiger partial charge in [0.25, 0.3) is 0 Å². The summed E-state index contributed by atoms with van der Waals surface area (Å²) >= 11 is 0. The Kier molecular flexibility index (Phi) is 5.31. The summed E-state index contributed by atoms with van der Waals surface area (Å²) in [5, 5.41) is 12.1. The van der Waals surface area contributed by atoms with Gasteiger partial charge in [-0.25, -0.2) is 4.39 Å². The molecule has 1 aliphatic rings. The first kappa shape index (κ1) is 15.5. The van der Waals surface area contributed by atoms with E-state index in [-0.39, 0.29) is 24.2 Å². The van der Waals surface area contributed by atoms with E-state index in [1.807, 2.05) is 0 Å². The maximum absolute atomic E-state index is 12.8. The van der Waals surface area contributed by atoms with Gasteiger partial charge < -0.3 is 10.4 Å². The molecule has 4 nitrogen and oxygen atoms in total. The van der Waals surface area contributed by atoms with Crippen LogP contribution in [-0.4, -0.2) is 23.0 Å². The fraction of sp³-hybridized carbons (Fsp3) is 0.500. The Bertz CT molecular complexity index is 501. The van der Waals surface area contributed by atoms with Gasteiger partial charge in [-0.3, -0.25) is 9.59 Å². The smallest absolute Gasteiger partial charge is 0.308 e. The van der Waals surface area contributed by atoms with Crippen LogP contribution in [0.1, 0.15) is 37.7 Å². The molecule has 1 aromatic carbocycles. The lowest BCUT2D eigenvalue weighted by atomic mass is 9.94. The molecule has 0 unspecified atom stereocenters. The number of rotatable bonds is 4. The number of amides is 1. The van der Waals surface area contributed by atoms with Crippen LogP contribution in [0.5, 0.6) is 0 Å². The van der Waals surface area contributed by atoms with E-state index >= 15 is 0 Å². The van der Waals surface area contributed by atoms with Crippen molar-refractivity contribution in [2.45, 2.75) is 44.6 Å². The Balaban J connectivity index is 1.96. The highest BCUT2D eigenvalue weighted by molar-refractivity contribution is 5.80. The van der Waals surface area contributed by atoms with Crippen molar-refractivity contribution in [2.24, 2.45) is 5.92 Å². The van der Waals surface area contributed by atoms with Crippen LogP contribution in [0.15, 0.2) is 24.3 Å². The molecule has 1 saturated carbocycles. The average molecular weight is 293 g/mol. The summed E-state index contributed by atoms with van der Waals surface area (Å²) in [6.45, 7) is 0. The minimum Gasteiger partial charge on any atom is -0.481 e. The minimum atomic E-state index is -0.844.